The molecule has 0 bridgehead atoms. The van der Waals surface area contributed by atoms with Gasteiger partial charge in [0.1, 0.15) is 5.82 Å². The van der Waals surface area contributed by atoms with Gasteiger partial charge < -0.3 is 15.2 Å². The first-order chi connectivity index (χ1) is 14.0. The highest BCUT2D eigenvalue weighted by molar-refractivity contribution is 7.99. The summed E-state index contributed by atoms with van der Waals surface area (Å²) in [5.41, 5.74) is -0.0321. The molecular formula is C18H19FN6O2S2. The molecule has 0 saturated heterocycles. The van der Waals surface area contributed by atoms with Crippen molar-refractivity contribution in [1.82, 2.24) is 25.1 Å². The quantitative estimate of drug-likeness (QED) is 0.528. The number of nitrogens with zero attached hydrogens (tertiary/aromatic N) is 4. The molecule has 1 aromatic carbocycles. The lowest BCUT2D eigenvalue weighted by Crippen LogP contribution is -2.29. The van der Waals surface area contributed by atoms with E-state index in [1.54, 1.807) is 24.6 Å². The minimum Gasteiger partial charge on any atom is -0.342 e. The SMILES string of the molecule is CCn1c(SCC(=O)Nc2nccs2)nnc1[C@@H](C)NC(=O)c1ccccc1F. The summed E-state index contributed by atoms with van der Waals surface area (Å²) in [5.74, 6) is -0.638. The largest absolute Gasteiger partial charge is 0.342 e. The van der Waals surface area contributed by atoms with Crippen molar-refractivity contribution in [2.24, 2.45) is 0 Å². The predicted octanol–water partition coefficient (Wildman–Crippen LogP) is 3.12. The molecule has 152 valence electrons. The van der Waals surface area contributed by atoms with E-state index in [0.717, 1.165) is 0 Å². The van der Waals surface area contributed by atoms with Gasteiger partial charge in [0.2, 0.25) is 5.91 Å². The van der Waals surface area contributed by atoms with Crippen LogP contribution in [-0.4, -0.2) is 37.3 Å². The Hall–Kier alpha value is -2.79. The molecule has 2 N–H and O–H groups in total. The zero-order valence-electron chi connectivity index (χ0n) is 15.8. The zero-order valence-corrected chi connectivity index (χ0v) is 17.4. The van der Waals surface area contributed by atoms with Crippen LogP contribution in [0.15, 0.2) is 41.0 Å². The highest BCUT2D eigenvalue weighted by Gasteiger charge is 2.21. The first-order valence-corrected chi connectivity index (χ1v) is 10.7. The van der Waals surface area contributed by atoms with Gasteiger partial charge >= 0.3 is 0 Å². The Bertz CT molecular complexity index is 992. The molecule has 8 nitrogen and oxygen atoms in total. The second-order valence-corrected chi connectivity index (χ2v) is 7.77. The molecule has 2 amide bonds. The second kappa shape index (κ2) is 9.61. The molecule has 0 aliphatic carbocycles. The van der Waals surface area contributed by atoms with Crippen molar-refractivity contribution < 1.29 is 14.0 Å². The fourth-order valence-corrected chi connectivity index (χ4v) is 3.93. The number of thioether (sulfide) groups is 1. The van der Waals surface area contributed by atoms with Crippen molar-refractivity contribution in [3.05, 3.63) is 53.0 Å². The maximum Gasteiger partial charge on any atom is 0.254 e. The van der Waals surface area contributed by atoms with Crippen LogP contribution in [0.25, 0.3) is 0 Å². The van der Waals surface area contributed by atoms with Crippen molar-refractivity contribution in [3.8, 4) is 0 Å². The van der Waals surface area contributed by atoms with Crippen LogP contribution in [0.2, 0.25) is 0 Å². The molecule has 2 aromatic heterocycles. The van der Waals surface area contributed by atoms with Gasteiger partial charge in [-0.05, 0) is 26.0 Å². The van der Waals surface area contributed by atoms with Gasteiger partial charge in [-0.3, -0.25) is 9.59 Å². The van der Waals surface area contributed by atoms with Gasteiger partial charge in [-0.25, -0.2) is 9.37 Å². The van der Waals surface area contributed by atoms with Crippen molar-refractivity contribution >= 4 is 40.0 Å². The summed E-state index contributed by atoms with van der Waals surface area (Å²) in [5, 5.41) is 16.6. The molecule has 2 heterocycles. The molecule has 0 unspecified atom stereocenters. The maximum atomic E-state index is 13.8. The number of aromatic nitrogens is 4. The molecule has 1 atom stereocenters. The number of benzene rings is 1. The molecule has 3 rings (SSSR count). The van der Waals surface area contributed by atoms with Gasteiger partial charge in [0.05, 0.1) is 17.4 Å². The molecule has 0 aliphatic rings. The number of anilines is 1. The monoisotopic (exact) mass is 434 g/mol. The van der Waals surface area contributed by atoms with E-state index in [1.165, 1.54) is 41.3 Å². The minimum atomic E-state index is -0.586. The van der Waals surface area contributed by atoms with Crippen molar-refractivity contribution in [2.75, 3.05) is 11.1 Å². The molecule has 11 heteroatoms. The topological polar surface area (TPSA) is 102 Å². The highest BCUT2D eigenvalue weighted by Crippen LogP contribution is 2.21. The summed E-state index contributed by atoms with van der Waals surface area (Å²) in [6, 6.07) is 5.29. The molecule has 0 spiro atoms. The fourth-order valence-electron chi connectivity index (χ4n) is 2.58. The maximum absolute atomic E-state index is 13.8. The number of halogens is 1. The average Bonchev–Trinajstić information content (AvgIpc) is 3.35. The third-order valence-electron chi connectivity index (χ3n) is 3.93. The van der Waals surface area contributed by atoms with Crippen LogP contribution in [0, 0.1) is 5.82 Å². The highest BCUT2D eigenvalue weighted by atomic mass is 32.2. The summed E-state index contributed by atoms with van der Waals surface area (Å²) in [7, 11) is 0. The molecule has 0 saturated carbocycles. The Kier molecular flexibility index (Phi) is 6.94. The standard InChI is InChI=1S/C18H19FN6O2S2/c1-3-25-15(11(2)21-16(27)12-6-4-5-7-13(12)19)23-24-18(25)29-10-14(26)22-17-20-8-9-28-17/h4-9,11H,3,10H2,1-2H3,(H,21,27)(H,20,22,26)/t11-/m1/s1. The zero-order chi connectivity index (χ0) is 20.8. The van der Waals surface area contributed by atoms with Crippen molar-refractivity contribution in [1.29, 1.82) is 0 Å². The van der Waals surface area contributed by atoms with Crippen LogP contribution < -0.4 is 10.6 Å². The van der Waals surface area contributed by atoms with Crippen molar-refractivity contribution in [3.63, 3.8) is 0 Å². The van der Waals surface area contributed by atoms with Gasteiger partial charge in [0.15, 0.2) is 16.1 Å². The summed E-state index contributed by atoms with van der Waals surface area (Å²) in [6.45, 7) is 4.22. The Balaban J connectivity index is 1.64. The number of carbonyl (C=O) groups is 2. The first kappa shape index (κ1) is 20.9. The van der Waals surface area contributed by atoms with E-state index in [9.17, 15) is 14.0 Å². The summed E-state index contributed by atoms with van der Waals surface area (Å²) < 4.78 is 15.6. The third kappa shape index (κ3) is 5.18. The predicted molar refractivity (Wildman–Crippen MR) is 109 cm³/mol. The summed E-state index contributed by atoms with van der Waals surface area (Å²) in [6.07, 6.45) is 1.62. The van der Waals surface area contributed by atoms with Crippen molar-refractivity contribution in [2.45, 2.75) is 31.6 Å². The van der Waals surface area contributed by atoms with E-state index < -0.39 is 17.8 Å². The van der Waals surface area contributed by atoms with Crippen LogP contribution in [0.4, 0.5) is 9.52 Å². The van der Waals surface area contributed by atoms with Crippen LogP contribution in [-0.2, 0) is 11.3 Å². The van der Waals surface area contributed by atoms with Gasteiger partial charge in [0.25, 0.3) is 5.91 Å². The summed E-state index contributed by atoms with van der Waals surface area (Å²) >= 11 is 2.58. The number of hydrogen-bond acceptors (Lipinski definition) is 7. The molecule has 3 aromatic rings. The number of thiazole rings is 1. The Morgan fingerprint density at radius 2 is 2.10 bits per heavy atom. The lowest BCUT2D eigenvalue weighted by molar-refractivity contribution is -0.113. The van der Waals surface area contributed by atoms with Gasteiger partial charge in [-0.1, -0.05) is 23.9 Å². The number of rotatable bonds is 8. The Morgan fingerprint density at radius 1 is 1.31 bits per heavy atom. The van der Waals surface area contributed by atoms with E-state index in [4.69, 9.17) is 0 Å². The number of carbonyl (C=O) groups excluding carboxylic acids is 2. The van der Waals surface area contributed by atoms with E-state index in [0.29, 0.717) is 22.7 Å². The molecule has 29 heavy (non-hydrogen) atoms. The van der Waals surface area contributed by atoms with Gasteiger partial charge in [0, 0.05) is 18.1 Å². The van der Waals surface area contributed by atoms with E-state index in [1.807, 2.05) is 11.5 Å². The van der Waals surface area contributed by atoms with Crippen LogP contribution in [0.3, 0.4) is 0 Å². The molecule has 0 fully saturated rings. The smallest absolute Gasteiger partial charge is 0.254 e. The van der Waals surface area contributed by atoms with E-state index in [2.05, 4.69) is 25.8 Å². The molecule has 0 radical (unpaired) electrons. The molecular weight excluding hydrogens is 415 g/mol. The number of nitrogens with one attached hydrogen (secondary N) is 2. The van der Waals surface area contributed by atoms with Crippen LogP contribution in [0.1, 0.15) is 36.1 Å². The number of hydrogen-bond donors (Lipinski definition) is 2. The Morgan fingerprint density at radius 3 is 2.79 bits per heavy atom. The first-order valence-electron chi connectivity index (χ1n) is 8.80. The molecule has 0 aliphatic heterocycles. The van der Waals surface area contributed by atoms with Crippen LogP contribution >= 0.6 is 23.1 Å². The Labute approximate surface area is 174 Å². The van der Waals surface area contributed by atoms with E-state index >= 15 is 0 Å². The lowest BCUT2D eigenvalue weighted by atomic mass is 10.2. The fraction of sp³-hybridized carbons (Fsp3) is 0.278. The minimum absolute atomic E-state index is 0.0321. The average molecular weight is 435 g/mol. The lowest BCUT2D eigenvalue weighted by Gasteiger charge is -2.15. The second-order valence-electron chi connectivity index (χ2n) is 5.93. The normalized spacial score (nSPS) is 11.8. The van der Waals surface area contributed by atoms with Crippen LogP contribution in [0.5, 0.6) is 0 Å². The van der Waals surface area contributed by atoms with Gasteiger partial charge in [-0.15, -0.1) is 21.5 Å². The number of amides is 2. The third-order valence-corrected chi connectivity index (χ3v) is 5.58. The van der Waals surface area contributed by atoms with Gasteiger partial charge in [-0.2, -0.15) is 0 Å². The van der Waals surface area contributed by atoms with E-state index in [-0.39, 0.29) is 17.2 Å². The summed E-state index contributed by atoms with van der Waals surface area (Å²) in [4.78, 5) is 28.4.